The molecular weight excluding hydrogens is 453 g/mol. The number of carbonyl (C=O) groups is 1. The van der Waals surface area contributed by atoms with Gasteiger partial charge in [0.25, 0.3) is 0 Å². The minimum Gasteiger partial charge on any atom is -0.419 e. The summed E-state index contributed by atoms with van der Waals surface area (Å²) in [5.74, 6) is 0.635. The number of amides is 1. The fraction of sp³-hybridized carbons (Fsp3) is 0.286. The summed E-state index contributed by atoms with van der Waals surface area (Å²) >= 11 is 3.50. The largest absolute Gasteiger partial charge is 0.419 e. The summed E-state index contributed by atoms with van der Waals surface area (Å²) in [6, 6.07) is 13.5. The molecule has 7 nitrogen and oxygen atoms in total. The number of rotatable bonds is 6. The third-order valence-corrected chi connectivity index (χ3v) is 5.58. The summed E-state index contributed by atoms with van der Waals surface area (Å²) in [6.45, 7) is 4.02. The zero-order valence-electron chi connectivity index (χ0n) is 16.2. The number of anilines is 1. The van der Waals surface area contributed by atoms with Gasteiger partial charge in [0.15, 0.2) is 0 Å². The quantitative estimate of drug-likeness (QED) is 0.591. The minimum absolute atomic E-state index is 0.106. The molecule has 0 aliphatic carbocycles. The van der Waals surface area contributed by atoms with E-state index >= 15 is 0 Å². The van der Waals surface area contributed by atoms with E-state index in [9.17, 15) is 9.18 Å². The maximum Gasteiger partial charge on any atom is 0.248 e. The molecule has 0 radical (unpaired) electrons. The van der Waals surface area contributed by atoms with E-state index in [0.717, 1.165) is 36.2 Å². The Hall–Kier alpha value is -2.62. The summed E-state index contributed by atoms with van der Waals surface area (Å²) in [5.41, 5.74) is 1.46. The second-order valence-electron chi connectivity index (χ2n) is 7.09. The fourth-order valence-corrected chi connectivity index (χ4v) is 3.75. The van der Waals surface area contributed by atoms with Gasteiger partial charge in [0.2, 0.25) is 17.7 Å². The topological polar surface area (TPSA) is 74.5 Å². The van der Waals surface area contributed by atoms with Gasteiger partial charge in [-0.05, 0) is 52.3 Å². The molecule has 0 unspecified atom stereocenters. The van der Waals surface area contributed by atoms with Gasteiger partial charge in [0, 0.05) is 36.3 Å². The molecule has 1 fully saturated rings. The van der Waals surface area contributed by atoms with Crippen molar-refractivity contribution in [2.24, 2.45) is 0 Å². The van der Waals surface area contributed by atoms with E-state index in [2.05, 4.69) is 41.2 Å². The smallest absolute Gasteiger partial charge is 0.248 e. The second-order valence-corrected chi connectivity index (χ2v) is 7.94. The molecule has 1 aliphatic rings. The van der Waals surface area contributed by atoms with E-state index in [-0.39, 0.29) is 11.7 Å². The Morgan fingerprint density at radius 3 is 2.47 bits per heavy atom. The average Bonchev–Trinajstić information content (AvgIpc) is 3.20. The predicted molar refractivity (Wildman–Crippen MR) is 114 cm³/mol. The Bertz CT molecular complexity index is 1000. The lowest BCUT2D eigenvalue weighted by Crippen LogP contribution is -2.48. The van der Waals surface area contributed by atoms with Gasteiger partial charge >= 0.3 is 0 Å². The Balaban J connectivity index is 1.24. The van der Waals surface area contributed by atoms with Crippen molar-refractivity contribution in [3.05, 3.63) is 64.7 Å². The standard InChI is InChI=1S/C21H21BrFN5O2/c22-18-4-2-1-3-17(18)21-26-25-20(30-21)14-28-11-9-27(10-12-28)13-19(29)24-16-7-5-15(23)6-8-16/h1-8H,9-14H2,(H,24,29). The molecule has 2 heterocycles. The van der Waals surface area contributed by atoms with Crippen LogP contribution in [-0.2, 0) is 11.3 Å². The van der Waals surface area contributed by atoms with Crippen LogP contribution in [0.2, 0.25) is 0 Å². The van der Waals surface area contributed by atoms with Crippen LogP contribution in [0.25, 0.3) is 11.5 Å². The second kappa shape index (κ2) is 9.46. The SMILES string of the molecule is O=C(CN1CCN(Cc2nnc(-c3ccccc3Br)o2)CC1)Nc1ccc(F)cc1. The fourth-order valence-electron chi connectivity index (χ4n) is 3.29. The van der Waals surface area contributed by atoms with Crippen molar-refractivity contribution in [1.82, 2.24) is 20.0 Å². The highest BCUT2D eigenvalue weighted by molar-refractivity contribution is 9.10. The van der Waals surface area contributed by atoms with Crippen LogP contribution in [0.15, 0.2) is 57.4 Å². The first-order valence-electron chi connectivity index (χ1n) is 9.64. The van der Waals surface area contributed by atoms with Gasteiger partial charge in [-0.3, -0.25) is 14.6 Å². The molecule has 1 aliphatic heterocycles. The van der Waals surface area contributed by atoms with Gasteiger partial charge in [-0.1, -0.05) is 12.1 Å². The number of hydrogen-bond donors (Lipinski definition) is 1. The van der Waals surface area contributed by atoms with Gasteiger partial charge in [0.05, 0.1) is 18.7 Å². The van der Waals surface area contributed by atoms with Gasteiger partial charge in [0.1, 0.15) is 5.82 Å². The normalized spacial score (nSPS) is 15.3. The maximum atomic E-state index is 13.0. The number of aromatic nitrogens is 2. The maximum absolute atomic E-state index is 13.0. The van der Waals surface area contributed by atoms with Gasteiger partial charge in [-0.15, -0.1) is 10.2 Å². The van der Waals surface area contributed by atoms with Crippen molar-refractivity contribution in [2.45, 2.75) is 6.54 Å². The third-order valence-electron chi connectivity index (χ3n) is 4.89. The van der Waals surface area contributed by atoms with Crippen LogP contribution in [0.1, 0.15) is 5.89 Å². The number of piperazine rings is 1. The summed E-state index contributed by atoms with van der Waals surface area (Å²) < 4.78 is 19.7. The molecule has 0 saturated carbocycles. The molecule has 3 aromatic rings. The molecule has 156 valence electrons. The van der Waals surface area contributed by atoms with Crippen molar-refractivity contribution >= 4 is 27.5 Å². The van der Waals surface area contributed by atoms with Crippen LogP contribution in [-0.4, -0.2) is 58.6 Å². The van der Waals surface area contributed by atoms with E-state index < -0.39 is 0 Å². The Kier molecular flexibility index (Phi) is 6.51. The number of halogens is 2. The molecule has 9 heteroatoms. The number of nitrogens with one attached hydrogen (secondary N) is 1. The van der Waals surface area contributed by atoms with E-state index in [1.165, 1.54) is 12.1 Å². The monoisotopic (exact) mass is 473 g/mol. The predicted octanol–water partition coefficient (Wildman–Crippen LogP) is 3.39. The van der Waals surface area contributed by atoms with Crippen LogP contribution >= 0.6 is 15.9 Å². The summed E-state index contributed by atoms with van der Waals surface area (Å²) in [6.07, 6.45) is 0. The Morgan fingerprint density at radius 1 is 1.03 bits per heavy atom. The zero-order valence-corrected chi connectivity index (χ0v) is 17.8. The molecule has 1 amide bonds. The van der Waals surface area contributed by atoms with Crippen LogP contribution in [0, 0.1) is 5.82 Å². The van der Waals surface area contributed by atoms with Gasteiger partial charge in [-0.2, -0.15) is 0 Å². The highest BCUT2D eigenvalue weighted by atomic mass is 79.9. The Morgan fingerprint density at radius 2 is 1.73 bits per heavy atom. The highest BCUT2D eigenvalue weighted by Gasteiger charge is 2.21. The van der Waals surface area contributed by atoms with Gasteiger partial charge < -0.3 is 9.73 Å². The van der Waals surface area contributed by atoms with Crippen molar-refractivity contribution in [3.8, 4) is 11.5 Å². The zero-order chi connectivity index (χ0) is 20.9. The van der Waals surface area contributed by atoms with Crippen LogP contribution in [0.5, 0.6) is 0 Å². The highest BCUT2D eigenvalue weighted by Crippen LogP contribution is 2.26. The van der Waals surface area contributed by atoms with Crippen molar-refractivity contribution < 1.29 is 13.6 Å². The lowest BCUT2D eigenvalue weighted by atomic mass is 10.2. The minimum atomic E-state index is -0.325. The first-order chi connectivity index (χ1) is 14.6. The molecule has 2 aromatic carbocycles. The molecule has 1 N–H and O–H groups in total. The van der Waals surface area contributed by atoms with E-state index in [1.54, 1.807) is 12.1 Å². The number of hydrogen-bond acceptors (Lipinski definition) is 6. The molecule has 1 saturated heterocycles. The number of nitrogens with zero attached hydrogens (tertiary/aromatic N) is 4. The molecular formula is C21H21BrFN5O2. The summed E-state index contributed by atoms with van der Waals surface area (Å²) in [4.78, 5) is 16.5. The van der Waals surface area contributed by atoms with E-state index in [1.807, 2.05) is 24.3 Å². The Labute approximate surface area is 182 Å². The van der Waals surface area contributed by atoms with Crippen molar-refractivity contribution in [1.29, 1.82) is 0 Å². The molecule has 1 aromatic heterocycles. The molecule has 30 heavy (non-hydrogen) atoms. The summed E-state index contributed by atoms with van der Waals surface area (Å²) in [5, 5.41) is 11.1. The molecule has 4 rings (SSSR count). The molecule has 0 bridgehead atoms. The van der Waals surface area contributed by atoms with E-state index in [0.29, 0.717) is 30.6 Å². The summed E-state index contributed by atoms with van der Waals surface area (Å²) in [7, 11) is 0. The lowest BCUT2D eigenvalue weighted by Gasteiger charge is -2.33. The lowest BCUT2D eigenvalue weighted by molar-refractivity contribution is -0.117. The van der Waals surface area contributed by atoms with E-state index in [4.69, 9.17) is 4.42 Å². The number of carbonyl (C=O) groups excluding carboxylic acids is 1. The van der Waals surface area contributed by atoms with Crippen LogP contribution in [0.3, 0.4) is 0 Å². The molecule has 0 spiro atoms. The first kappa shape index (κ1) is 20.6. The van der Waals surface area contributed by atoms with Crippen molar-refractivity contribution in [2.75, 3.05) is 38.0 Å². The average molecular weight is 474 g/mol. The third kappa shape index (κ3) is 5.29. The van der Waals surface area contributed by atoms with Crippen LogP contribution < -0.4 is 5.32 Å². The first-order valence-corrected chi connectivity index (χ1v) is 10.4. The van der Waals surface area contributed by atoms with Crippen LogP contribution in [0.4, 0.5) is 10.1 Å². The van der Waals surface area contributed by atoms with Gasteiger partial charge in [-0.25, -0.2) is 4.39 Å². The number of benzene rings is 2. The van der Waals surface area contributed by atoms with Crippen molar-refractivity contribution in [3.63, 3.8) is 0 Å². The molecule has 0 atom stereocenters.